The van der Waals surface area contributed by atoms with E-state index in [1.165, 1.54) is 47.4 Å². The van der Waals surface area contributed by atoms with Crippen LogP contribution in [0.3, 0.4) is 0 Å². The number of rotatable bonds is 2. The number of nitrogens with zero attached hydrogens (tertiary/aromatic N) is 2. The number of likely N-dealkylation sites (tertiary alicyclic amines) is 1. The van der Waals surface area contributed by atoms with E-state index in [0.717, 1.165) is 5.56 Å². The highest BCUT2D eigenvalue weighted by molar-refractivity contribution is 7.19. The lowest BCUT2D eigenvalue weighted by Gasteiger charge is -2.30. The van der Waals surface area contributed by atoms with Gasteiger partial charge in [0.25, 0.3) is 0 Å². The van der Waals surface area contributed by atoms with Gasteiger partial charge in [0.1, 0.15) is 0 Å². The van der Waals surface area contributed by atoms with Gasteiger partial charge in [0.05, 0.1) is 11.6 Å². The van der Waals surface area contributed by atoms with Crippen LogP contribution >= 0.6 is 11.3 Å². The van der Waals surface area contributed by atoms with Crippen LogP contribution in [0.1, 0.15) is 36.1 Å². The summed E-state index contributed by atoms with van der Waals surface area (Å²) in [6.07, 6.45) is 2.54. The molecule has 0 N–H and O–H groups in total. The third-order valence-corrected chi connectivity index (χ3v) is 5.38. The van der Waals surface area contributed by atoms with E-state index in [1.807, 2.05) is 23.5 Å². The van der Waals surface area contributed by atoms with Gasteiger partial charge < -0.3 is 4.90 Å². The lowest BCUT2D eigenvalue weighted by atomic mass is 9.95. The number of benzene rings is 1. The molecule has 0 aliphatic carbocycles. The summed E-state index contributed by atoms with van der Waals surface area (Å²) in [5, 5.41) is 10.2. The van der Waals surface area contributed by atoms with Crippen molar-refractivity contribution < 1.29 is 0 Å². The van der Waals surface area contributed by atoms with Crippen LogP contribution in [0, 0.1) is 11.3 Å². The molecule has 1 aliphatic rings. The van der Waals surface area contributed by atoms with Crippen LogP contribution in [0.5, 0.6) is 0 Å². The first-order chi connectivity index (χ1) is 9.30. The van der Waals surface area contributed by atoms with Gasteiger partial charge in [0.15, 0.2) is 0 Å². The normalized spacial score (nSPS) is 17.7. The molecule has 0 bridgehead atoms. The van der Waals surface area contributed by atoms with Gasteiger partial charge in [-0.2, -0.15) is 5.26 Å². The Morgan fingerprint density at radius 2 is 2.11 bits per heavy atom. The van der Waals surface area contributed by atoms with Crippen molar-refractivity contribution >= 4 is 21.4 Å². The minimum Gasteiger partial charge on any atom is -0.304 e. The van der Waals surface area contributed by atoms with Gasteiger partial charge in [-0.25, -0.2) is 0 Å². The molecule has 2 heterocycles. The number of hydrogen-bond acceptors (Lipinski definition) is 3. The summed E-state index contributed by atoms with van der Waals surface area (Å²) < 4.78 is 1.31. The second kappa shape index (κ2) is 5.32. The highest BCUT2D eigenvalue weighted by atomic mass is 32.1. The monoisotopic (exact) mass is 270 g/mol. The second-order valence-electron chi connectivity index (χ2n) is 5.22. The molecule has 98 valence electrons. The van der Waals surface area contributed by atoms with Gasteiger partial charge in [-0.1, -0.05) is 6.92 Å². The summed E-state index contributed by atoms with van der Waals surface area (Å²) >= 11 is 1.90. The van der Waals surface area contributed by atoms with Crippen molar-refractivity contribution in [2.75, 3.05) is 19.6 Å². The molecule has 0 spiro atoms. The zero-order chi connectivity index (χ0) is 13.2. The first kappa shape index (κ1) is 12.7. The summed E-state index contributed by atoms with van der Waals surface area (Å²) in [6, 6.07) is 10.5. The van der Waals surface area contributed by atoms with E-state index in [4.69, 9.17) is 5.26 Å². The van der Waals surface area contributed by atoms with Crippen molar-refractivity contribution in [1.29, 1.82) is 5.26 Å². The Hall–Kier alpha value is -1.37. The van der Waals surface area contributed by atoms with Crippen LogP contribution in [0.4, 0.5) is 0 Å². The third-order valence-electron chi connectivity index (χ3n) is 4.10. The third kappa shape index (κ3) is 2.51. The second-order valence-corrected chi connectivity index (χ2v) is 6.34. The maximum atomic E-state index is 8.96. The summed E-state index contributed by atoms with van der Waals surface area (Å²) in [6.45, 7) is 5.85. The van der Waals surface area contributed by atoms with Crippen LogP contribution < -0.4 is 0 Å². The molecule has 3 heteroatoms. The molecular formula is C16H18N2S. The molecule has 0 radical (unpaired) electrons. The first-order valence-electron chi connectivity index (χ1n) is 6.96. The van der Waals surface area contributed by atoms with Crippen LogP contribution in [-0.2, 0) is 0 Å². The van der Waals surface area contributed by atoms with Gasteiger partial charge in [0, 0.05) is 9.58 Å². The van der Waals surface area contributed by atoms with Crippen LogP contribution in [0.15, 0.2) is 24.3 Å². The Balaban J connectivity index is 1.84. The smallest absolute Gasteiger partial charge is 0.0991 e. The molecule has 1 aromatic carbocycles. The van der Waals surface area contributed by atoms with Gasteiger partial charge in [0.2, 0.25) is 0 Å². The van der Waals surface area contributed by atoms with E-state index in [9.17, 15) is 0 Å². The highest BCUT2D eigenvalue weighted by Crippen LogP contribution is 2.36. The fraction of sp³-hybridized carbons (Fsp3) is 0.438. The fourth-order valence-corrected chi connectivity index (χ4v) is 4.08. The SMILES string of the molecule is CCN1CCC(c2cc3cc(C#N)ccc3s2)CC1. The summed E-state index contributed by atoms with van der Waals surface area (Å²) in [4.78, 5) is 4.03. The molecule has 0 amide bonds. The molecule has 1 saturated heterocycles. The molecule has 3 rings (SSSR count). The first-order valence-corrected chi connectivity index (χ1v) is 7.77. The highest BCUT2D eigenvalue weighted by Gasteiger charge is 2.21. The van der Waals surface area contributed by atoms with Gasteiger partial charge in [-0.3, -0.25) is 0 Å². The van der Waals surface area contributed by atoms with Gasteiger partial charge >= 0.3 is 0 Å². The Morgan fingerprint density at radius 1 is 1.32 bits per heavy atom. The van der Waals surface area contributed by atoms with E-state index >= 15 is 0 Å². The number of hydrogen-bond donors (Lipinski definition) is 0. The zero-order valence-electron chi connectivity index (χ0n) is 11.2. The van der Waals surface area contributed by atoms with Crippen molar-refractivity contribution in [1.82, 2.24) is 4.90 Å². The van der Waals surface area contributed by atoms with E-state index in [-0.39, 0.29) is 0 Å². The summed E-state index contributed by atoms with van der Waals surface area (Å²) in [5.41, 5.74) is 0.762. The number of nitriles is 1. The van der Waals surface area contributed by atoms with Crippen LogP contribution in [-0.4, -0.2) is 24.5 Å². The maximum absolute atomic E-state index is 8.96. The molecule has 2 aromatic rings. The van der Waals surface area contributed by atoms with Crippen molar-refractivity contribution in [2.24, 2.45) is 0 Å². The average Bonchev–Trinajstić information content (AvgIpc) is 2.90. The van der Waals surface area contributed by atoms with Crippen molar-refractivity contribution in [3.63, 3.8) is 0 Å². The van der Waals surface area contributed by atoms with Gasteiger partial charge in [-0.05, 0) is 68.0 Å². The summed E-state index contributed by atoms with van der Waals surface area (Å²) in [5.74, 6) is 0.714. The standard InChI is InChI=1S/C16H18N2S/c1-2-18-7-5-13(6-8-18)16-10-14-9-12(11-17)3-4-15(14)19-16/h3-4,9-10,13H,2,5-8H2,1H3. The lowest BCUT2D eigenvalue weighted by Crippen LogP contribution is -2.32. The van der Waals surface area contributed by atoms with Crippen LogP contribution in [0.25, 0.3) is 10.1 Å². The largest absolute Gasteiger partial charge is 0.304 e. The molecule has 2 nitrogen and oxygen atoms in total. The number of piperidine rings is 1. The average molecular weight is 270 g/mol. The Labute approximate surface area is 118 Å². The van der Waals surface area contributed by atoms with E-state index in [1.54, 1.807) is 0 Å². The van der Waals surface area contributed by atoms with Crippen molar-refractivity contribution in [3.8, 4) is 6.07 Å². The number of thiophene rings is 1. The summed E-state index contributed by atoms with van der Waals surface area (Å²) in [7, 11) is 0. The molecule has 0 unspecified atom stereocenters. The van der Waals surface area contributed by atoms with E-state index < -0.39 is 0 Å². The molecule has 0 atom stereocenters. The Bertz CT molecular complexity index is 615. The Morgan fingerprint density at radius 3 is 2.79 bits per heavy atom. The quantitative estimate of drug-likeness (QED) is 0.825. The molecule has 1 aromatic heterocycles. The molecule has 0 saturated carbocycles. The zero-order valence-corrected chi connectivity index (χ0v) is 12.0. The maximum Gasteiger partial charge on any atom is 0.0991 e. The minimum atomic E-state index is 0.714. The molecule has 1 aliphatic heterocycles. The molecule has 19 heavy (non-hydrogen) atoms. The molecule has 1 fully saturated rings. The van der Waals surface area contributed by atoms with E-state index in [2.05, 4.69) is 30.0 Å². The predicted molar refractivity (Wildman–Crippen MR) is 80.6 cm³/mol. The van der Waals surface area contributed by atoms with Gasteiger partial charge in [-0.15, -0.1) is 11.3 Å². The van der Waals surface area contributed by atoms with Crippen LogP contribution in [0.2, 0.25) is 0 Å². The van der Waals surface area contributed by atoms with Crippen molar-refractivity contribution in [3.05, 3.63) is 34.7 Å². The minimum absolute atomic E-state index is 0.714. The topological polar surface area (TPSA) is 27.0 Å². The predicted octanol–water partition coefficient (Wildman–Crippen LogP) is 3.97. The number of fused-ring (bicyclic) bond motifs is 1. The lowest BCUT2D eigenvalue weighted by molar-refractivity contribution is 0.223. The molecular weight excluding hydrogens is 252 g/mol. The fourth-order valence-electron chi connectivity index (χ4n) is 2.87. The van der Waals surface area contributed by atoms with E-state index in [0.29, 0.717) is 5.92 Å². The van der Waals surface area contributed by atoms with Crippen molar-refractivity contribution in [2.45, 2.75) is 25.7 Å². The Kier molecular flexibility index (Phi) is 3.54.